The van der Waals surface area contributed by atoms with Crippen LogP contribution < -0.4 is 0 Å². The first-order valence-electron chi connectivity index (χ1n) is 6.78. The first-order valence-corrected chi connectivity index (χ1v) is 9.48. The van der Waals surface area contributed by atoms with Gasteiger partial charge in [0.25, 0.3) is 0 Å². The van der Waals surface area contributed by atoms with Gasteiger partial charge in [-0.3, -0.25) is 4.79 Å². The van der Waals surface area contributed by atoms with E-state index < -0.39 is 9.84 Å². The van der Waals surface area contributed by atoms with Crippen LogP contribution in [0.15, 0.2) is 35.7 Å². The van der Waals surface area contributed by atoms with Gasteiger partial charge >= 0.3 is 0 Å². The van der Waals surface area contributed by atoms with Crippen molar-refractivity contribution < 1.29 is 13.2 Å². The minimum absolute atomic E-state index is 0.00497. The summed E-state index contributed by atoms with van der Waals surface area (Å²) in [6.45, 7) is 0. The van der Waals surface area contributed by atoms with Gasteiger partial charge in [0.2, 0.25) is 5.91 Å². The predicted octanol–water partition coefficient (Wildman–Crippen LogP) is 2.20. The summed E-state index contributed by atoms with van der Waals surface area (Å²) in [7, 11) is -0.110. The normalized spacial score (nSPS) is 11.4. The third-order valence-corrected chi connectivity index (χ3v) is 5.57. The Balaban J connectivity index is 2.02. The highest BCUT2D eigenvalue weighted by molar-refractivity contribution is 7.90. The molecule has 7 heteroatoms. The van der Waals surface area contributed by atoms with Gasteiger partial charge in [-0.15, -0.1) is 11.3 Å². The zero-order chi connectivity index (χ0) is 16.2. The molecule has 2 rings (SSSR count). The molecular formula is C15H18N2O3S2. The Bertz CT molecular complexity index is 737. The number of carbonyl (C=O) groups is 1. The van der Waals surface area contributed by atoms with Crippen LogP contribution in [-0.4, -0.2) is 44.1 Å². The lowest BCUT2D eigenvalue weighted by molar-refractivity contribution is -0.128. The molecule has 1 aromatic heterocycles. The van der Waals surface area contributed by atoms with Crippen molar-refractivity contribution in [2.45, 2.75) is 12.2 Å². The lowest BCUT2D eigenvalue weighted by atomic mass is 10.2. The van der Waals surface area contributed by atoms with Gasteiger partial charge in [-0.25, -0.2) is 13.4 Å². The summed E-state index contributed by atoms with van der Waals surface area (Å²) in [6.07, 6.45) is 0.00497. The zero-order valence-electron chi connectivity index (χ0n) is 12.5. The van der Waals surface area contributed by atoms with Crippen LogP contribution in [0.25, 0.3) is 10.6 Å². The van der Waals surface area contributed by atoms with Gasteiger partial charge in [-0.1, -0.05) is 30.3 Å². The topological polar surface area (TPSA) is 67.3 Å². The number of rotatable bonds is 6. The van der Waals surface area contributed by atoms with Crippen LogP contribution in [-0.2, 0) is 20.4 Å². The molecule has 0 aliphatic rings. The van der Waals surface area contributed by atoms with Crippen molar-refractivity contribution in [1.29, 1.82) is 0 Å². The van der Waals surface area contributed by atoms with Gasteiger partial charge < -0.3 is 4.90 Å². The minimum atomic E-state index is -3.34. The van der Waals surface area contributed by atoms with Gasteiger partial charge in [0.1, 0.15) is 5.01 Å². The number of sulfone groups is 1. The van der Waals surface area contributed by atoms with Gasteiger partial charge in [0.05, 0.1) is 17.2 Å². The molecule has 5 nitrogen and oxygen atoms in total. The maximum Gasteiger partial charge on any atom is 0.223 e. The van der Waals surface area contributed by atoms with Crippen molar-refractivity contribution in [2.75, 3.05) is 19.8 Å². The lowest BCUT2D eigenvalue weighted by Crippen LogP contribution is -2.24. The number of carbonyl (C=O) groups excluding carboxylic acids is 1. The quantitative estimate of drug-likeness (QED) is 0.810. The molecule has 1 heterocycles. The van der Waals surface area contributed by atoms with Crippen LogP contribution in [0.2, 0.25) is 0 Å². The molecule has 0 atom stereocenters. The molecule has 1 amide bonds. The largest absolute Gasteiger partial charge is 0.349 e. The summed E-state index contributed by atoms with van der Waals surface area (Å²) in [5.41, 5.74) is 1.50. The molecule has 0 aliphatic heterocycles. The Morgan fingerprint density at radius 1 is 1.23 bits per heavy atom. The van der Waals surface area contributed by atoms with E-state index in [0.717, 1.165) is 10.6 Å². The number of hydrogen-bond donors (Lipinski definition) is 0. The molecule has 0 saturated heterocycles. The Kier molecular flexibility index (Phi) is 5.31. The van der Waals surface area contributed by atoms with Crippen molar-refractivity contribution in [3.05, 3.63) is 41.4 Å². The standard InChI is InChI=1S/C15H18N2O3S2/c1-17(2)14(18)8-9-22(19,20)11-13-10-21-15(16-13)12-6-4-3-5-7-12/h3-7,10H,8-9,11H2,1-2H3. The number of hydrogen-bond acceptors (Lipinski definition) is 5. The Labute approximate surface area is 134 Å². The van der Waals surface area contributed by atoms with E-state index in [1.165, 1.54) is 16.2 Å². The number of aromatic nitrogens is 1. The third kappa shape index (κ3) is 4.64. The number of amides is 1. The van der Waals surface area contributed by atoms with Crippen molar-refractivity contribution in [3.63, 3.8) is 0 Å². The van der Waals surface area contributed by atoms with Crippen LogP contribution in [0.3, 0.4) is 0 Å². The van der Waals surface area contributed by atoms with Crippen molar-refractivity contribution in [1.82, 2.24) is 9.88 Å². The van der Waals surface area contributed by atoms with E-state index in [9.17, 15) is 13.2 Å². The molecule has 0 saturated carbocycles. The highest BCUT2D eigenvalue weighted by Crippen LogP contribution is 2.24. The fourth-order valence-electron chi connectivity index (χ4n) is 1.85. The van der Waals surface area contributed by atoms with Crippen molar-refractivity contribution in [3.8, 4) is 10.6 Å². The maximum atomic E-state index is 12.1. The smallest absolute Gasteiger partial charge is 0.223 e. The van der Waals surface area contributed by atoms with Crippen LogP contribution in [0.5, 0.6) is 0 Å². The van der Waals surface area contributed by atoms with E-state index in [1.807, 2.05) is 30.3 Å². The molecule has 0 radical (unpaired) electrons. The Morgan fingerprint density at radius 3 is 2.55 bits per heavy atom. The van der Waals surface area contributed by atoms with Gasteiger partial charge in [0, 0.05) is 31.5 Å². The highest BCUT2D eigenvalue weighted by atomic mass is 32.2. The second-order valence-electron chi connectivity index (χ2n) is 5.14. The predicted molar refractivity (Wildman–Crippen MR) is 88.4 cm³/mol. The fourth-order valence-corrected chi connectivity index (χ4v) is 4.01. The molecule has 22 heavy (non-hydrogen) atoms. The summed E-state index contributed by atoms with van der Waals surface area (Å²) in [5, 5.41) is 2.56. The summed E-state index contributed by atoms with van der Waals surface area (Å²) in [4.78, 5) is 17.2. The molecule has 0 spiro atoms. The van der Waals surface area contributed by atoms with Crippen LogP contribution in [0, 0.1) is 0 Å². The molecule has 0 unspecified atom stereocenters. The molecule has 118 valence electrons. The Morgan fingerprint density at radius 2 is 1.91 bits per heavy atom. The van der Waals surface area contributed by atoms with E-state index in [2.05, 4.69) is 4.98 Å². The second-order valence-corrected chi connectivity index (χ2v) is 8.18. The van der Waals surface area contributed by atoms with Gasteiger partial charge in [-0.05, 0) is 0 Å². The summed E-state index contributed by atoms with van der Waals surface area (Å²) in [5.74, 6) is -0.467. The zero-order valence-corrected chi connectivity index (χ0v) is 14.2. The van der Waals surface area contributed by atoms with Crippen molar-refractivity contribution >= 4 is 27.1 Å². The monoisotopic (exact) mass is 338 g/mol. The molecular weight excluding hydrogens is 320 g/mol. The van der Waals surface area contributed by atoms with Gasteiger partial charge in [0.15, 0.2) is 9.84 Å². The highest BCUT2D eigenvalue weighted by Gasteiger charge is 2.17. The van der Waals surface area contributed by atoms with E-state index >= 15 is 0 Å². The maximum absolute atomic E-state index is 12.1. The first kappa shape index (κ1) is 16.6. The first-order chi connectivity index (χ1) is 10.4. The molecule has 0 N–H and O–H groups in total. The number of nitrogens with zero attached hydrogens (tertiary/aromatic N) is 2. The third-order valence-electron chi connectivity index (χ3n) is 3.07. The molecule has 0 fully saturated rings. The molecule has 2 aromatic rings. The van der Waals surface area contributed by atoms with Crippen LogP contribution in [0.1, 0.15) is 12.1 Å². The number of benzene rings is 1. The summed E-state index contributed by atoms with van der Waals surface area (Å²) < 4.78 is 24.1. The second kappa shape index (κ2) is 7.02. The van der Waals surface area contributed by atoms with E-state index in [1.54, 1.807) is 19.5 Å². The molecule has 0 bridgehead atoms. The van der Waals surface area contributed by atoms with Gasteiger partial charge in [-0.2, -0.15) is 0 Å². The van der Waals surface area contributed by atoms with E-state index in [4.69, 9.17) is 0 Å². The minimum Gasteiger partial charge on any atom is -0.349 e. The molecule has 0 aliphatic carbocycles. The van der Waals surface area contributed by atoms with Crippen LogP contribution in [0.4, 0.5) is 0 Å². The van der Waals surface area contributed by atoms with Crippen molar-refractivity contribution in [2.24, 2.45) is 0 Å². The molecule has 1 aromatic carbocycles. The summed E-state index contributed by atoms with van der Waals surface area (Å²) in [6, 6.07) is 9.63. The fraction of sp³-hybridized carbons (Fsp3) is 0.333. The van der Waals surface area contributed by atoms with E-state index in [0.29, 0.717) is 5.69 Å². The average Bonchev–Trinajstić information content (AvgIpc) is 2.93. The SMILES string of the molecule is CN(C)C(=O)CCS(=O)(=O)Cc1csc(-c2ccccc2)n1. The Hall–Kier alpha value is -1.73. The summed E-state index contributed by atoms with van der Waals surface area (Å²) >= 11 is 1.42. The van der Waals surface area contributed by atoms with Crippen LogP contribution >= 0.6 is 11.3 Å². The number of thiazole rings is 1. The van der Waals surface area contributed by atoms with E-state index in [-0.39, 0.29) is 23.8 Å². The lowest BCUT2D eigenvalue weighted by Gasteiger charge is -2.09. The average molecular weight is 338 g/mol.